The molecule has 206 valence electrons. The number of methoxy groups -OCH3 is 1. The normalized spacial score (nSPS) is 16.6. The Balaban J connectivity index is 1.46. The summed E-state index contributed by atoms with van der Waals surface area (Å²) in [7, 11) is 1.67. The lowest BCUT2D eigenvalue weighted by Gasteiger charge is -2.28. The van der Waals surface area contributed by atoms with Crippen molar-refractivity contribution in [1.29, 1.82) is 0 Å². The first-order chi connectivity index (χ1) is 19.3. The maximum Gasteiger partial charge on any atom is 0.226 e. The van der Waals surface area contributed by atoms with Gasteiger partial charge in [-0.15, -0.1) is 0 Å². The fraction of sp³-hybridized carbons (Fsp3) is 0.281. The highest BCUT2D eigenvalue weighted by atomic mass is 32.1. The van der Waals surface area contributed by atoms with E-state index >= 15 is 0 Å². The van der Waals surface area contributed by atoms with E-state index in [4.69, 9.17) is 17.0 Å². The standard InChI is InChI=1S/C32H35N5O2S/c1-20-9-10-21(2)28(18-20)34-29(38)15-17-36-31(30(35-32(36)40)27-8-6-7-16-33-27)26-19-22(3)37(23(26)4)24-11-13-25(39-5)14-12-24/h6-14,16,18-19,30-31H,15,17H2,1-5H3,(H,34,38)(H,35,40). The summed E-state index contributed by atoms with van der Waals surface area (Å²) >= 11 is 5.85. The highest BCUT2D eigenvalue weighted by Crippen LogP contribution is 2.41. The fourth-order valence-corrected chi connectivity index (χ4v) is 5.84. The summed E-state index contributed by atoms with van der Waals surface area (Å²) in [4.78, 5) is 19.9. The molecule has 4 aromatic rings. The maximum atomic E-state index is 13.1. The number of rotatable bonds is 8. The van der Waals surface area contributed by atoms with Gasteiger partial charge in [0.25, 0.3) is 0 Å². The molecule has 0 bridgehead atoms. The molecule has 2 N–H and O–H groups in total. The van der Waals surface area contributed by atoms with Gasteiger partial charge >= 0.3 is 0 Å². The van der Waals surface area contributed by atoms with Crippen molar-refractivity contribution >= 4 is 28.9 Å². The van der Waals surface area contributed by atoms with Crippen LogP contribution in [0.2, 0.25) is 0 Å². The molecule has 1 amide bonds. The molecular formula is C32H35N5O2S. The van der Waals surface area contributed by atoms with Gasteiger partial charge in [-0.05, 0) is 105 Å². The van der Waals surface area contributed by atoms with Gasteiger partial charge in [-0.25, -0.2) is 0 Å². The van der Waals surface area contributed by atoms with Crippen molar-refractivity contribution in [2.45, 2.75) is 46.2 Å². The number of aryl methyl sites for hydroxylation is 3. The molecule has 1 fully saturated rings. The van der Waals surface area contributed by atoms with Gasteiger partial charge in [-0.1, -0.05) is 18.2 Å². The second-order valence-electron chi connectivity index (χ2n) is 10.3. The number of carbonyl (C=O) groups excluding carboxylic acids is 1. The van der Waals surface area contributed by atoms with Crippen LogP contribution in [0.1, 0.15) is 52.3 Å². The number of carbonyl (C=O) groups is 1. The van der Waals surface area contributed by atoms with Crippen molar-refractivity contribution in [3.63, 3.8) is 0 Å². The molecule has 0 saturated carbocycles. The Morgan fingerprint density at radius 3 is 2.52 bits per heavy atom. The van der Waals surface area contributed by atoms with Crippen LogP contribution in [-0.4, -0.2) is 39.1 Å². The maximum absolute atomic E-state index is 13.1. The number of pyridine rings is 1. The summed E-state index contributed by atoms with van der Waals surface area (Å²) in [5, 5.41) is 7.21. The predicted octanol–water partition coefficient (Wildman–Crippen LogP) is 6.12. The number of hydrogen-bond donors (Lipinski definition) is 2. The van der Waals surface area contributed by atoms with Crippen LogP contribution >= 0.6 is 12.2 Å². The van der Waals surface area contributed by atoms with Crippen molar-refractivity contribution < 1.29 is 9.53 Å². The third-order valence-electron chi connectivity index (χ3n) is 7.56. The lowest BCUT2D eigenvalue weighted by Crippen LogP contribution is -2.33. The lowest BCUT2D eigenvalue weighted by molar-refractivity contribution is -0.116. The molecule has 7 nitrogen and oxygen atoms in total. The highest BCUT2D eigenvalue weighted by Gasteiger charge is 2.41. The van der Waals surface area contributed by atoms with Crippen LogP contribution in [0, 0.1) is 27.7 Å². The van der Waals surface area contributed by atoms with Crippen LogP contribution in [0.25, 0.3) is 5.69 Å². The van der Waals surface area contributed by atoms with Gasteiger partial charge in [0.1, 0.15) is 5.75 Å². The van der Waals surface area contributed by atoms with Crippen molar-refractivity contribution in [3.8, 4) is 11.4 Å². The Labute approximate surface area is 241 Å². The van der Waals surface area contributed by atoms with Crippen LogP contribution in [0.15, 0.2) is 72.9 Å². The topological polar surface area (TPSA) is 71.4 Å². The van der Waals surface area contributed by atoms with E-state index in [1.807, 2.05) is 62.4 Å². The van der Waals surface area contributed by atoms with Gasteiger partial charge in [0, 0.05) is 41.9 Å². The molecule has 2 aromatic carbocycles. The number of benzene rings is 2. The Morgan fingerprint density at radius 1 is 1.05 bits per heavy atom. The summed E-state index contributed by atoms with van der Waals surface area (Å²) in [6.45, 7) is 8.74. The van der Waals surface area contributed by atoms with E-state index in [0.29, 0.717) is 18.1 Å². The van der Waals surface area contributed by atoms with Crippen molar-refractivity contribution in [1.82, 2.24) is 19.8 Å². The first-order valence-electron chi connectivity index (χ1n) is 13.4. The minimum Gasteiger partial charge on any atom is -0.497 e. The molecule has 0 radical (unpaired) electrons. The number of aromatic nitrogens is 2. The minimum atomic E-state index is -0.152. The van der Waals surface area contributed by atoms with Gasteiger partial charge in [-0.3, -0.25) is 9.78 Å². The van der Waals surface area contributed by atoms with E-state index in [1.54, 1.807) is 13.3 Å². The second-order valence-corrected chi connectivity index (χ2v) is 10.7. The predicted molar refractivity (Wildman–Crippen MR) is 163 cm³/mol. The van der Waals surface area contributed by atoms with Gasteiger partial charge < -0.3 is 24.8 Å². The van der Waals surface area contributed by atoms with Crippen LogP contribution in [0.5, 0.6) is 5.75 Å². The Morgan fingerprint density at radius 2 is 1.82 bits per heavy atom. The summed E-state index contributed by atoms with van der Waals surface area (Å²) < 4.78 is 7.61. The Bertz CT molecular complexity index is 1530. The third-order valence-corrected chi connectivity index (χ3v) is 7.92. The number of nitrogens with zero attached hydrogens (tertiary/aromatic N) is 3. The van der Waals surface area contributed by atoms with Gasteiger partial charge in [-0.2, -0.15) is 0 Å². The van der Waals surface area contributed by atoms with Crippen LogP contribution in [-0.2, 0) is 4.79 Å². The molecule has 1 saturated heterocycles. The van der Waals surface area contributed by atoms with Crippen molar-refractivity contribution in [2.75, 3.05) is 19.0 Å². The average molecular weight is 554 g/mol. The smallest absolute Gasteiger partial charge is 0.226 e. The molecule has 1 aliphatic rings. The highest BCUT2D eigenvalue weighted by molar-refractivity contribution is 7.80. The van der Waals surface area contributed by atoms with Gasteiger partial charge in [0.15, 0.2) is 5.11 Å². The molecule has 0 spiro atoms. The number of nitrogens with one attached hydrogen (secondary N) is 2. The number of ether oxygens (including phenoxy) is 1. The number of anilines is 1. The molecule has 2 aromatic heterocycles. The van der Waals surface area contributed by atoms with E-state index in [0.717, 1.165) is 50.9 Å². The second kappa shape index (κ2) is 11.5. The van der Waals surface area contributed by atoms with E-state index in [2.05, 4.69) is 57.1 Å². The molecule has 2 unspecified atom stereocenters. The van der Waals surface area contributed by atoms with Crippen molar-refractivity contribution in [3.05, 3.63) is 107 Å². The quantitative estimate of drug-likeness (QED) is 0.256. The summed E-state index contributed by atoms with van der Waals surface area (Å²) in [6, 6.07) is 22.0. The van der Waals surface area contributed by atoms with E-state index in [1.165, 1.54) is 0 Å². The summed E-state index contributed by atoms with van der Waals surface area (Å²) in [5.41, 5.74) is 8.33. The molecule has 1 aliphatic heterocycles. The number of hydrogen-bond acceptors (Lipinski definition) is 4. The Hall–Kier alpha value is -4.17. The summed E-state index contributed by atoms with van der Waals surface area (Å²) in [5.74, 6) is 0.776. The monoisotopic (exact) mass is 553 g/mol. The zero-order valence-electron chi connectivity index (χ0n) is 23.6. The number of thiocarbonyl (C=S) groups is 1. The minimum absolute atomic E-state index is 0.0414. The van der Waals surface area contributed by atoms with E-state index < -0.39 is 0 Å². The van der Waals surface area contributed by atoms with E-state index in [9.17, 15) is 4.79 Å². The molecule has 0 aliphatic carbocycles. The van der Waals surface area contributed by atoms with Crippen LogP contribution in [0.4, 0.5) is 5.69 Å². The molecule has 8 heteroatoms. The molecule has 3 heterocycles. The molecule has 40 heavy (non-hydrogen) atoms. The van der Waals surface area contributed by atoms with Crippen LogP contribution in [0.3, 0.4) is 0 Å². The van der Waals surface area contributed by atoms with Gasteiger partial charge in [0.2, 0.25) is 5.91 Å². The van der Waals surface area contributed by atoms with Gasteiger partial charge in [0.05, 0.1) is 24.9 Å². The fourth-order valence-electron chi connectivity index (χ4n) is 5.51. The number of amides is 1. The van der Waals surface area contributed by atoms with Crippen molar-refractivity contribution in [2.24, 2.45) is 0 Å². The first kappa shape index (κ1) is 27.4. The van der Waals surface area contributed by atoms with E-state index in [-0.39, 0.29) is 18.0 Å². The molecule has 2 atom stereocenters. The summed E-state index contributed by atoms with van der Waals surface area (Å²) in [6.07, 6.45) is 2.11. The third kappa shape index (κ3) is 5.45. The molecular weight excluding hydrogens is 518 g/mol. The zero-order valence-corrected chi connectivity index (χ0v) is 24.4. The average Bonchev–Trinajstić information content (AvgIpc) is 3.44. The largest absolute Gasteiger partial charge is 0.497 e. The molecule has 5 rings (SSSR count). The lowest BCUT2D eigenvalue weighted by atomic mass is 9.96. The Kier molecular flexibility index (Phi) is 7.89. The van der Waals surface area contributed by atoms with Crippen LogP contribution < -0.4 is 15.4 Å². The first-order valence-corrected chi connectivity index (χ1v) is 13.9. The SMILES string of the molecule is COc1ccc(-n2c(C)cc(C3C(c4ccccn4)NC(=S)N3CCC(=O)Nc3cc(C)ccc3C)c2C)cc1. The zero-order chi connectivity index (χ0) is 28.4.